The van der Waals surface area contributed by atoms with Gasteiger partial charge in [-0.3, -0.25) is 4.79 Å². The second-order valence-corrected chi connectivity index (χ2v) is 5.76. The number of nitrogens with two attached hydrogens (primary N) is 2. The van der Waals surface area contributed by atoms with E-state index in [-0.39, 0.29) is 30.0 Å². The Balaban J connectivity index is 2.92. The summed E-state index contributed by atoms with van der Waals surface area (Å²) in [5.74, 6) is -1.93. The van der Waals surface area contributed by atoms with E-state index in [1.807, 2.05) is 0 Å². The van der Waals surface area contributed by atoms with Crippen LogP contribution in [0.25, 0.3) is 0 Å². The van der Waals surface area contributed by atoms with Gasteiger partial charge < -0.3 is 16.6 Å². The number of sulfonamides is 1. The van der Waals surface area contributed by atoms with Gasteiger partial charge in [0.15, 0.2) is 0 Å². The first-order valence-corrected chi connectivity index (χ1v) is 7.13. The molecule has 6 N–H and O–H groups in total. The van der Waals surface area contributed by atoms with E-state index < -0.39 is 27.5 Å². The third-order valence-corrected chi connectivity index (χ3v) is 3.93. The number of carbonyl (C=O) groups excluding carboxylic acids is 1. The van der Waals surface area contributed by atoms with Crippen molar-refractivity contribution in [1.29, 1.82) is 0 Å². The molecule has 0 spiro atoms. The molecule has 110 valence electrons. The number of nitrogen functional groups attached to an aromatic ring is 1. The van der Waals surface area contributed by atoms with Crippen LogP contribution in [0.2, 0.25) is 0 Å². The van der Waals surface area contributed by atoms with Gasteiger partial charge in [-0.25, -0.2) is 17.9 Å². The Morgan fingerprint density at radius 1 is 1.30 bits per heavy atom. The van der Waals surface area contributed by atoms with Gasteiger partial charge in [0.2, 0.25) is 15.9 Å². The normalized spacial score (nSPS) is 11.2. The Labute approximate surface area is 115 Å². The van der Waals surface area contributed by atoms with Gasteiger partial charge in [0.1, 0.15) is 0 Å². The molecule has 1 rings (SSSR count). The molecule has 9 heteroatoms. The number of amides is 1. The van der Waals surface area contributed by atoms with E-state index in [1.165, 1.54) is 6.07 Å². The smallest absolute Gasteiger partial charge is 0.337 e. The Hall–Kier alpha value is -2.13. The quantitative estimate of drug-likeness (QED) is 0.394. The predicted molar refractivity (Wildman–Crippen MR) is 71.4 cm³/mol. The summed E-state index contributed by atoms with van der Waals surface area (Å²) >= 11 is 0. The standard InChI is InChI=1S/C11H15N3O5S/c12-7-3-4-9(8(6-7)11(16)17)20(18,19)14-5-1-2-10(13)15/h3-4,6,14H,1-2,5,12H2,(H2,13,15)(H,16,17). The molecule has 1 amide bonds. The highest BCUT2D eigenvalue weighted by Crippen LogP contribution is 2.18. The van der Waals surface area contributed by atoms with Gasteiger partial charge in [-0.2, -0.15) is 0 Å². The third kappa shape index (κ3) is 4.21. The van der Waals surface area contributed by atoms with Crippen LogP contribution in [0.4, 0.5) is 5.69 Å². The Kier molecular flexibility index (Phi) is 5.06. The minimum absolute atomic E-state index is 0.0191. The molecular weight excluding hydrogens is 286 g/mol. The third-order valence-electron chi connectivity index (χ3n) is 2.42. The number of rotatable bonds is 7. The van der Waals surface area contributed by atoms with Crippen molar-refractivity contribution in [1.82, 2.24) is 4.72 Å². The SMILES string of the molecule is NC(=O)CCCNS(=O)(=O)c1ccc(N)cc1C(=O)O. The van der Waals surface area contributed by atoms with Crippen LogP contribution in [-0.4, -0.2) is 31.9 Å². The highest BCUT2D eigenvalue weighted by molar-refractivity contribution is 7.89. The summed E-state index contributed by atoms with van der Waals surface area (Å²) in [6.07, 6.45) is 0.266. The van der Waals surface area contributed by atoms with Gasteiger partial charge in [0.05, 0.1) is 10.5 Å². The molecule has 0 atom stereocenters. The molecule has 1 aromatic carbocycles. The van der Waals surface area contributed by atoms with E-state index >= 15 is 0 Å². The van der Waals surface area contributed by atoms with Gasteiger partial charge in [0.25, 0.3) is 0 Å². The number of nitrogens with one attached hydrogen (secondary N) is 1. The molecule has 20 heavy (non-hydrogen) atoms. The number of hydrogen-bond acceptors (Lipinski definition) is 5. The van der Waals surface area contributed by atoms with Crippen LogP contribution >= 0.6 is 0 Å². The topological polar surface area (TPSA) is 153 Å². The summed E-state index contributed by atoms with van der Waals surface area (Å²) in [4.78, 5) is 21.2. The fraction of sp³-hybridized carbons (Fsp3) is 0.273. The van der Waals surface area contributed by atoms with E-state index in [1.54, 1.807) is 0 Å². The minimum atomic E-state index is -3.99. The van der Waals surface area contributed by atoms with Crippen LogP contribution in [-0.2, 0) is 14.8 Å². The first-order chi connectivity index (χ1) is 9.24. The summed E-state index contributed by atoms with van der Waals surface area (Å²) in [6, 6.07) is 3.49. The van der Waals surface area contributed by atoms with E-state index in [0.717, 1.165) is 12.1 Å². The van der Waals surface area contributed by atoms with E-state index in [4.69, 9.17) is 16.6 Å². The van der Waals surface area contributed by atoms with Crippen LogP contribution in [0, 0.1) is 0 Å². The number of primary amides is 1. The lowest BCUT2D eigenvalue weighted by molar-refractivity contribution is -0.118. The van der Waals surface area contributed by atoms with Crippen molar-refractivity contribution in [3.8, 4) is 0 Å². The second kappa shape index (κ2) is 6.35. The van der Waals surface area contributed by atoms with Crippen molar-refractivity contribution >= 4 is 27.6 Å². The molecule has 0 radical (unpaired) electrons. The maximum atomic E-state index is 12.0. The van der Waals surface area contributed by atoms with Crippen molar-refractivity contribution in [2.75, 3.05) is 12.3 Å². The van der Waals surface area contributed by atoms with Gasteiger partial charge in [0, 0.05) is 18.7 Å². The molecule has 0 aromatic heterocycles. The summed E-state index contributed by atoms with van der Waals surface area (Å²) in [5.41, 5.74) is 10.1. The van der Waals surface area contributed by atoms with Crippen LogP contribution in [0.3, 0.4) is 0 Å². The first kappa shape index (κ1) is 15.9. The average Bonchev–Trinajstić information content (AvgIpc) is 2.34. The molecule has 1 aromatic rings. The molecular formula is C11H15N3O5S. The largest absolute Gasteiger partial charge is 0.478 e. The summed E-state index contributed by atoms with van der Waals surface area (Å²) in [7, 11) is -3.99. The number of carboxylic acid groups (broad SMARTS) is 1. The lowest BCUT2D eigenvalue weighted by Gasteiger charge is -2.09. The highest BCUT2D eigenvalue weighted by atomic mass is 32.2. The average molecular weight is 301 g/mol. The Morgan fingerprint density at radius 3 is 2.50 bits per heavy atom. The summed E-state index contributed by atoms with van der Waals surface area (Å²) in [6.45, 7) is -0.0191. The summed E-state index contributed by atoms with van der Waals surface area (Å²) < 4.78 is 26.2. The molecule has 0 heterocycles. The first-order valence-electron chi connectivity index (χ1n) is 5.65. The fourth-order valence-corrected chi connectivity index (χ4v) is 2.75. The maximum absolute atomic E-state index is 12.0. The van der Waals surface area contributed by atoms with Crippen LogP contribution in [0.15, 0.2) is 23.1 Å². The van der Waals surface area contributed by atoms with E-state index in [2.05, 4.69) is 4.72 Å². The van der Waals surface area contributed by atoms with Crippen LogP contribution in [0.1, 0.15) is 23.2 Å². The number of carbonyl (C=O) groups is 2. The zero-order valence-corrected chi connectivity index (χ0v) is 11.3. The monoisotopic (exact) mass is 301 g/mol. The van der Waals surface area contributed by atoms with Crippen molar-refractivity contribution in [3.05, 3.63) is 23.8 Å². The van der Waals surface area contributed by atoms with Gasteiger partial charge in [-0.05, 0) is 24.6 Å². The van der Waals surface area contributed by atoms with E-state index in [0.29, 0.717) is 0 Å². The minimum Gasteiger partial charge on any atom is -0.478 e. The molecule has 0 fully saturated rings. The molecule has 0 aliphatic heterocycles. The molecule has 8 nitrogen and oxygen atoms in total. The van der Waals surface area contributed by atoms with Crippen LogP contribution < -0.4 is 16.2 Å². The lowest BCUT2D eigenvalue weighted by Crippen LogP contribution is -2.27. The zero-order chi connectivity index (χ0) is 15.3. The molecule has 0 aliphatic rings. The molecule has 0 saturated carbocycles. The van der Waals surface area contributed by atoms with E-state index in [9.17, 15) is 18.0 Å². The fourth-order valence-electron chi connectivity index (χ4n) is 1.50. The maximum Gasteiger partial charge on any atom is 0.337 e. The number of hydrogen-bond donors (Lipinski definition) is 4. The number of benzene rings is 1. The lowest BCUT2D eigenvalue weighted by atomic mass is 10.2. The zero-order valence-electron chi connectivity index (χ0n) is 10.5. The molecule has 0 bridgehead atoms. The predicted octanol–water partition coefficient (Wildman–Crippen LogP) is -0.489. The molecule has 0 aliphatic carbocycles. The van der Waals surface area contributed by atoms with Crippen molar-refractivity contribution in [3.63, 3.8) is 0 Å². The summed E-state index contributed by atoms with van der Waals surface area (Å²) in [5, 5.41) is 8.99. The van der Waals surface area contributed by atoms with Gasteiger partial charge >= 0.3 is 5.97 Å². The second-order valence-electron chi connectivity index (χ2n) is 4.03. The number of anilines is 1. The Bertz CT molecular complexity index is 627. The number of carboxylic acids is 1. The van der Waals surface area contributed by atoms with Crippen molar-refractivity contribution in [2.24, 2.45) is 5.73 Å². The molecule has 0 unspecified atom stereocenters. The molecule has 0 saturated heterocycles. The van der Waals surface area contributed by atoms with Gasteiger partial charge in [-0.15, -0.1) is 0 Å². The van der Waals surface area contributed by atoms with Crippen LogP contribution in [0.5, 0.6) is 0 Å². The van der Waals surface area contributed by atoms with Crippen molar-refractivity contribution < 1.29 is 23.1 Å². The number of aromatic carboxylic acids is 1. The van der Waals surface area contributed by atoms with Gasteiger partial charge in [-0.1, -0.05) is 0 Å². The highest BCUT2D eigenvalue weighted by Gasteiger charge is 2.22. The Morgan fingerprint density at radius 2 is 1.95 bits per heavy atom. The van der Waals surface area contributed by atoms with Crippen molar-refractivity contribution in [2.45, 2.75) is 17.7 Å².